The van der Waals surface area contributed by atoms with Gasteiger partial charge in [-0.1, -0.05) is 346 Å². The molecule has 476 valence electrons. The number of rotatable bonds is 68. The van der Waals surface area contributed by atoms with E-state index in [1.54, 1.807) is 0 Å². The molecule has 0 N–H and O–H groups in total. The van der Waals surface area contributed by atoms with Crippen molar-refractivity contribution in [3.05, 3.63) is 36.5 Å². The van der Waals surface area contributed by atoms with Crippen LogP contribution in [0, 0.1) is 0 Å². The van der Waals surface area contributed by atoms with Crippen LogP contribution in [0.15, 0.2) is 36.5 Å². The zero-order valence-electron chi connectivity index (χ0n) is 54.8. The van der Waals surface area contributed by atoms with Gasteiger partial charge >= 0.3 is 17.9 Å². The van der Waals surface area contributed by atoms with Gasteiger partial charge in [-0.05, 0) is 77.0 Å². The average molecular weight is 1140 g/mol. The van der Waals surface area contributed by atoms with E-state index in [9.17, 15) is 14.4 Å². The van der Waals surface area contributed by atoms with Gasteiger partial charge in [0.1, 0.15) is 13.2 Å². The fraction of sp³-hybridized carbons (Fsp3) is 0.880. The summed E-state index contributed by atoms with van der Waals surface area (Å²) in [7, 11) is 0. The minimum atomic E-state index is -0.772. The molecule has 0 aliphatic heterocycles. The summed E-state index contributed by atoms with van der Waals surface area (Å²) in [6.07, 6.45) is 87.7. The van der Waals surface area contributed by atoms with E-state index in [0.29, 0.717) is 19.3 Å². The highest BCUT2D eigenvalue weighted by atomic mass is 16.6. The van der Waals surface area contributed by atoms with Gasteiger partial charge in [0.2, 0.25) is 0 Å². The second-order valence-electron chi connectivity index (χ2n) is 24.9. The highest BCUT2D eigenvalue weighted by Crippen LogP contribution is 2.19. The van der Waals surface area contributed by atoms with Gasteiger partial charge in [-0.25, -0.2) is 0 Å². The zero-order valence-corrected chi connectivity index (χ0v) is 54.8. The van der Waals surface area contributed by atoms with Gasteiger partial charge in [-0.2, -0.15) is 0 Å². The van der Waals surface area contributed by atoms with Crippen molar-refractivity contribution in [2.45, 2.75) is 412 Å². The van der Waals surface area contributed by atoms with E-state index in [1.807, 2.05) is 0 Å². The van der Waals surface area contributed by atoms with Crippen molar-refractivity contribution in [3.8, 4) is 0 Å². The van der Waals surface area contributed by atoms with E-state index in [-0.39, 0.29) is 31.1 Å². The van der Waals surface area contributed by atoms with Crippen LogP contribution in [0.3, 0.4) is 0 Å². The van der Waals surface area contributed by atoms with Gasteiger partial charge in [0, 0.05) is 19.3 Å². The van der Waals surface area contributed by atoms with Crippen LogP contribution in [0.5, 0.6) is 0 Å². The molecule has 0 spiro atoms. The molecule has 0 heterocycles. The molecule has 0 radical (unpaired) electrons. The Morgan fingerprint density at radius 2 is 0.444 bits per heavy atom. The van der Waals surface area contributed by atoms with Crippen LogP contribution in [0.4, 0.5) is 0 Å². The Kier molecular flexibility index (Phi) is 68.1. The molecule has 0 aliphatic rings. The highest BCUT2D eigenvalue weighted by molar-refractivity contribution is 5.71. The lowest BCUT2D eigenvalue weighted by Gasteiger charge is -2.18. The summed E-state index contributed by atoms with van der Waals surface area (Å²) in [5.41, 5.74) is 0. The van der Waals surface area contributed by atoms with Crippen molar-refractivity contribution in [1.82, 2.24) is 0 Å². The number of carbonyl (C=O) groups is 3. The molecule has 0 bridgehead atoms. The Hall–Kier alpha value is -2.37. The van der Waals surface area contributed by atoms with E-state index >= 15 is 0 Å². The van der Waals surface area contributed by atoms with Gasteiger partial charge in [0.25, 0.3) is 0 Å². The summed E-state index contributed by atoms with van der Waals surface area (Å²) in [6, 6.07) is 0. The van der Waals surface area contributed by atoms with Crippen LogP contribution >= 0.6 is 0 Å². The summed E-state index contributed by atoms with van der Waals surface area (Å²) >= 11 is 0. The highest BCUT2D eigenvalue weighted by Gasteiger charge is 2.19. The Balaban J connectivity index is 4.09. The molecule has 0 saturated carbocycles. The molecule has 0 amide bonds. The van der Waals surface area contributed by atoms with Gasteiger partial charge in [-0.15, -0.1) is 0 Å². The third-order valence-electron chi connectivity index (χ3n) is 16.6. The number of hydrogen-bond donors (Lipinski definition) is 0. The number of allylic oxidation sites excluding steroid dienone is 6. The molecule has 0 aromatic rings. The Bertz CT molecular complexity index is 1350. The van der Waals surface area contributed by atoms with Crippen molar-refractivity contribution >= 4 is 17.9 Å². The predicted octanol–water partition coefficient (Wildman–Crippen LogP) is 25.1. The van der Waals surface area contributed by atoms with E-state index in [0.717, 1.165) is 70.6 Å². The molecular formula is C75H140O6. The van der Waals surface area contributed by atoms with Crippen molar-refractivity contribution in [2.75, 3.05) is 13.2 Å². The fourth-order valence-corrected chi connectivity index (χ4v) is 11.1. The lowest BCUT2D eigenvalue weighted by Crippen LogP contribution is -2.30. The third kappa shape index (κ3) is 68.3. The van der Waals surface area contributed by atoms with Gasteiger partial charge in [0.05, 0.1) is 0 Å². The van der Waals surface area contributed by atoms with E-state index < -0.39 is 6.10 Å². The molecule has 0 saturated heterocycles. The Morgan fingerprint density at radius 1 is 0.247 bits per heavy atom. The van der Waals surface area contributed by atoms with E-state index in [1.165, 1.54) is 295 Å². The summed E-state index contributed by atoms with van der Waals surface area (Å²) in [6.45, 7) is 6.67. The third-order valence-corrected chi connectivity index (χ3v) is 16.6. The van der Waals surface area contributed by atoms with Crippen molar-refractivity contribution in [3.63, 3.8) is 0 Å². The van der Waals surface area contributed by atoms with E-state index in [2.05, 4.69) is 57.2 Å². The quantitative estimate of drug-likeness (QED) is 0.0261. The standard InChI is InChI=1S/C75H140O6/c1-4-7-10-13-16-19-22-25-27-29-31-32-33-34-35-36-37-38-39-40-41-42-43-44-45-47-48-50-53-56-59-62-65-68-74(77)80-71-72(70-79-73(76)67-64-61-58-55-52-24-21-18-15-12-9-6-3)81-75(78)69-66-63-60-57-54-51-49-46-30-28-26-23-20-17-14-11-8-5-2/h18,21-22,25,29,31,72H,4-17,19-20,23-24,26-28,30,32-71H2,1-3H3/b21-18-,25-22-,31-29-. The summed E-state index contributed by atoms with van der Waals surface area (Å²) in [4.78, 5) is 38.4. The van der Waals surface area contributed by atoms with Crippen molar-refractivity contribution < 1.29 is 28.6 Å². The van der Waals surface area contributed by atoms with Crippen LogP contribution in [0.1, 0.15) is 406 Å². The van der Waals surface area contributed by atoms with Crippen LogP contribution in [0.2, 0.25) is 0 Å². The Labute approximate surface area is 506 Å². The number of hydrogen-bond acceptors (Lipinski definition) is 6. The van der Waals surface area contributed by atoms with Crippen LogP contribution < -0.4 is 0 Å². The minimum Gasteiger partial charge on any atom is -0.462 e. The van der Waals surface area contributed by atoms with Gasteiger partial charge < -0.3 is 14.2 Å². The maximum absolute atomic E-state index is 12.9. The van der Waals surface area contributed by atoms with Gasteiger partial charge in [-0.3, -0.25) is 14.4 Å². The Morgan fingerprint density at radius 3 is 0.716 bits per heavy atom. The molecule has 1 unspecified atom stereocenters. The minimum absolute atomic E-state index is 0.0682. The number of carbonyl (C=O) groups excluding carboxylic acids is 3. The number of esters is 3. The molecule has 81 heavy (non-hydrogen) atoms. The summed E-state index contributed by atoms with van der Waals surface area (Å²) in [5, 5.41) is 0. The predicted molar refractivity (Wildman–Crippen MR) is 353 cm³/mol. The lowest BCUT2D eigenvalue weighted by molar-refractivity contribution is -0.167. The average Bonchev–Trinajstić information content (AvgIpc) is 3.47. The lowest BCUT2D eigenvalue weighted by atomic mass is 10.0. The van der Waals surface area contributed by atoms with Crippen LogP contribution in [-0.2, 0) is 28.6 Å². The number of unbranched alkanes of at least 4 members (excludes halogenated alkanes) is 51. The maximum Gasteiger partial charge on any atom is 0.306 e. The SMILES string of the molecule is CCCCC/C=C\CCCCCCCC(=O)OCC(COC(=O)CCCCCCCCCCCCCCCCCCCCCCC/C=C\C/C=C\CCCCCCC)OC(=O)CCCCCCCCCCCCCCCCCCCC. The molecule has 0 aromatic carbocycles. The van der Waals surface area contributed by atoms with Crippen LogP contribution in [-0.4, -0.2) is 37.2 Å². The first kappa shape index (κ1) is 78.6. The first-order valence-electron chi connectivity index (χ1n) is 36.5. The summed E-state index contributed by atoms with van der Waals surface area (Å²) in [5.74, 6) is -0.847. The van der Waals surface area contributed by atoms with Crippen LogP contribution in [0.25, 0.3) is 0 Å². The topological polar surface area (TPSA) is 78.9 Å². The molecule has 1 atom stereocenters. The first-order valence-corrected chi connectivity index (χ1v) is 36.5. The van der Waals surface area contributed by atoms with E-state index in [4.69, 9.17) is 14.2 Å². The fourth-order valence-electron chi connectivity index (χ4n) is 11.1. The maximum atomic E-state index is 12.9. The van der Waals surface area contributed by atoms with Gasteiger partial charge in [0.15, 0.2) is 6.10 Å². The molecule has 6 nitrogen and oxygen atoms in total. The largest absolute Gasteiger partial charge is 0.462 e. The molecule has 0 aromatic heterocycles. The molecule has 0 fully saturated rings. The molecule has 0 aliphatic carbocycles. The normalized spacial score (nSPS) is 12.2. The smallest absolute Gasteiger partial charge is 0.306 e. The monoisotopic (exact) mass is 1140 g/mol. The molecule has 0 rings (SSSR count). The molecule has 6 heteroatoms. The molecular weight excluding hydrogens is 997 g/mol. The first-order chi connectivity index (χ1) is 40.0. The van der Waals surface area contributed by atoms with Crippen molar-refractivity contribution in [1.29, 1.82) is 0 Å². The second-order valence-corrected chi connectivity index (χ2v) is 24.9. The summed E-state index contributed by atoms with van der Waals surface area (Å²) < 4.78 is 17.0. The number of ether oxygens (including phenoxy) is 3. The van der Waals surface area contributed by atoms with Crippen molar-refractivity contribution in [2.24, 2.45) is 0 Å². The second kappa shape index (κ2) is 70.1. The zero-order chi connectivity index (χ0) is 58.5.